The molecule has 0 spiro atoms. The molecule has 1 unspecified atom stereocenters. The molecule has 2 rings (SSSR count). The zero-order valence-electron chi connectivity index (χ0n) is 9.83. The van der Waals surface area contributed by atoms with Gasteiger partial charge in [-0.05, 0) is 24.3 Å². The van der Waals surface area contributed by atoms with Crippen molar-refractivity contribution < 1.29 is 13.2 Å². The van der Waals surface area contributed by atoms with Crippen LogP contribution in [0, 0.1) is 17.2 Å². The van der Waals surface area contributed by atoms with Crippen LogP contribution in [0.1, 0.15) is 6.42 Å². The Morgan fingerprint density at radius 3 is 2.39 bits per heavy atom. The number of carbonyl (C=O) groups excluding carboxylic acids is 1. The molecule has 0 bridgehead atoms. The van der Waals surface area contributed by atoms with Gasteiger partial charge in [0.2, 0.25) is 5.91 Å². The third-order valence-electron chi connectivity index (χ3n) is 2.88. The fourth-order valence-corrected chi connectivity index (χ4v) is 2.55. The molecular formula is C12H12N2O3S. The van der Waals surface area contributed by atoms with Gasteiger partial charge in [-0.2, -0.15) is 5.26 Å². The molecule has 1 heterocycles. The summed E-state index contributed by atoms with van der Waals surface area (Å²) in [5, 5.41) is 8.79. The van der Waals surface area contributed by atoms with Gasteiger partial charge in [0.25, 0.3) is 0 Å². The SMILES string of the molecule is CS(=O)(=O)c1ccc(N2CC(C#N)CC2=O)cc1. The third-order valence-corrected chi connectivity index (χ3v) is 4.01. The fraction of sp³-hybridized carbons (Fsp3) is 0.333. The van der Waals surface area contributed by atoms with Crippen LogP contribution in [0.15, 0.2) is 29.2 Å². The molecule has 94 valence electrons. The van der Waals surface area contributed by atoms with Crippen molar-refractivity contribution in [1.82, 2.24) is 0 Å². The molecule has 0 aromatic heterocycles. The molecular weight excluding hydrogens is 252 g/mol. The number of hydrogen-bond acceptors (Lipinski definition) is 4. The molecule has 1 aliphatic heterocycles. The summed E-state index contributed by atoms with van der Waals surface area (Å²) < 4.78 is 22.6. The summed E-state index contributed by atoms with van der Waals surface area (Å²) in [6, 6.07) is 8.19. The van der Waals surface area contributed by atoms with Gasteiger partial charge in [0.15, 0.2) is 9.84 Å². The lowest BCUT2D eigenvalue weighted by atomic mass is 10.1. The largest absolute Gasteiger partial charge is 0.311 e. The van der Waals surface area contributed by atoms with E-state index in [1.54, 1.807) is 12.1 Å². The number of amides is 1. The Morgan fingerprint density at radius 1 is 1.33 bits per heavy atom. The molecule has 0 aliphatic carbocycles. The van der Waals surface area contributed by atoms with Gasteiger partial charge in [-0.1, -0.05) is 0 Å². The minimum Gasteiger partial charge on any atom is -0.311 e. The van der Waals surface area contributed by atoms with E-state index in [9.17, 15) is 13.2 Å². The molecule has 6 heteroatoms. The first-order valence-electron chi connectivity index (χ1n) is 5.42. The Morgan fingerprint density at radius 2 is 1.94 bits per heavy atom. The molecule has 0 saturated carbocycles. The van der Waals surface area contributed by atoms with E-state index in [2.05, 4.69) is 6.07 Å². The van der Waals surface area contributed by atoms with E-state index in [1.165, 1.54) is 17.0 Å². The van der Waals surface area contributed by atoms with Crippen molar-refractivity contribution in [2.45, 2.75) is 11.3 Å². The van der Waals surface area contributed by atoms with E-state index in [0.29, 0.717) is 12.2 Å². The summed E-state index contributed by atoms with van der Waals surface area (Å²) in [5.41, 5.74) is 0.630. The Hall–Kier alpha value is -1.87. The molecule has 1 fully saturated rings. The minimum absolute atomic E-state index is 0.103. The van der Waals surface area contributed by atoms with Gasteiger partial charge in [-0.25, -0.2) is 8.42 Å². The summed E-state index contributed by atoms with van der Waals surface area (Å²) in [5.74, 6) is -0.388. The van der Waals surface area contributed by atoms with Gasteiger partial charge in [0, 0.05) is 24.9 Å². The summed E-state index contributed by atoms with van der Waals surface area (Å²) in [6.07, 6.45) is 1.36. The van der Waals surface area contributed by atoms with Crippen molar-refractivity contribution in [3.8, 4) is 6.07 Å². The van der Waals surface area contributed by atoms with Gasteiger partial charge in [0.05, 0.1) is 16.9 Å². The lowest BCUT2D eigenvalue weighted by Gasteiger charge is -2.15. The Balaban J connectivity index is 2.26. The second kappa shape index (κ2) is 4.42. The topological polar surface area (TPSA) is 78.2 Å². The lowest BCUT2D eigenvalue weighted by Crippen LogP contribution is -2.24. The molecule has 1 saturated heterocycles. The summed E-state index contributed by atoms with van der Waals surface area (Å²) in [7, 11) is -3.23. The van der Waals surface area contributed by atoms with Crippen LogP contribution in [0.3, 0.4) is 0 Å². The highest BCUT2D eigenvalue weighted by atomic mass is 32.2. The maximum atomic E-state index is 11.7. The number of anilines is 1. The molecule has 18 heavy (non-hydrogen) atoms. The second-order valence-electron chi connectivity index (χ2n) is 4.30. The van der Waals surface area contributed by atoms with E-state index in [4.69, 9.17) is 5.26 Å². The number of hydrogen-bond donors (Lipinski definition) is 0. The average molecular weight is 264 g/mol. The van der Waals surface area contributed by atoms with E-state index in [-0.39, 0.29) is 23.1 Å². The van der Waals surface area contributed by atoms with Crippen molar-refractivity contribution in [3.05, 3.63) is 24.3 Å². The Kier molecular flexibility index (Phi) is 3.09. The summed E-state index contributed by atoms with van der Waals surface area (Å²) in [6.45, 7) is 0.369. The number of nitrogens with zero attached hydrogens (tertiary/aromatic N) is 2. The molecule has 5 nitrogen and oxygen atoms in total. The van der Waals surface area contributed by atoms with Crippen molar-refractivity contribution in [1.29, 1.82) is 5.26 Å². The number of sulfone groups is 1. The molecule has 1 aromatic rings. The van der Waals surface area contributed by atoms with E-state index in [1.807, 2.05) is 0 Å². The van der Waals surface area contributed by atoms with Crippen molar-refractivity contribution >= 4 is 21.4 Å². The van der Waals surface area contributed by atoms with Gasteiger partial charge in [0.1, 0.15) is 0 Å². The molecule has 1 aromatic carbocycles. The number of carbonyl (C=O) groups is 1. The predicted molar refractivity (Wildman–Crippen MR) is 65.6 cm³/mol. The second-order valence-corrected chi connectivity index (χ2v) is 6.32. The maximum absolute atomic E-state index is 11.7. The van der Waals surface area contributed by atoms with Crippen LogP contribution in [0.5, 0.6) is 0 Å². The van der Waals surface area contributed by atoms with Crippen LogP contribution in [-0.4, -0.2) is 27.1 Å². The van der Waals surface area contributed by atoms with E-state index in [0.717, 1.165) is 6.26 Å². The fourth-order valence-electron chi connectivity index (χ4n) is 1.92. The normalized spacial score (nSPS) is 19.9. The summed E-state index contributed by atoms with van der Waals surface area (Å²) >= 11 is 0. The van der Waals surface area contributed by atoms with E-state index >= 15 is 0 Å². The van der Waals surface area contributed by atoms with Crippen LogP contribution in [0.2, 0.25) is 0 Å². The summed E-state index contributed by atoms with van der Waals surface area (Å²) in [4.78, 5) is 13.4. The van der Waals surface area contributed by atoms with Gasteiger partial charge in [-0.3, -0.25) is 4.79 Å². The third kappa shape index (κ3) is 2.36. The number of nitriles is 1. The first kappa shape index (κ1) is 12.6. The number of benzene rings is 1. The molecule has 1 aliphatic rings. The lowest BCUT2D eigenvalue weighted by molar-refractivity contribution is -0.117. The first-order valence-corrected chi connectivity index (χ1v) is 7.31. The van der Waals surface area contributed by atoms with Crippen molar-refractivity contribution in [3.63, 3.8) is 0 Å². The quantitative estimate of drug-likeness (QED) is 0.797. The van der Waals surface area contributed by atoms with Crippen LogP contribution >= 0.6 is 0 Å². The Labute approximate surface area is 106 Å². The highest BCUT2D eigenvalue weighted by Gasteiger charge is 2.30. The maximum Gasteiger partial charge on any atom is 0.228 e. The van der Waals surface area contributed by atoms with Crippen molar-refractivity contribution in [2.24, 2.45) is 5.92 Å². The van der Waals surface area contributed by atoms with Gasteiger partial charge < -0.3 is 4.90 Å². The Bertz CT molecular complexity index is 614. The van der Waals surface area contributed by atoms with Crippen LogP contribution in [0.25, 0.3) is 0 Å². The monoisotopic (exact) mass is 264 g/mol. The molecule has 1 atom stereocenters. The highest BCUT2D eigenvalue weighted by molar-refractivity contribution is 7.90. The average Bonchev–Trinajstić information content (AvgIpc) is 2.70. The van der Waals surface area contributed by atoms with Gasteiger partial charge in [-0.15, -0.1) is 0 Å². The van der Waals surface area contributed by atoms with Crippen molar-refractivity contribution in [2.75, 3.05) is 17.7 Å². The van der Waals surface area contributed by atoms with Crippen LogP contribution in [0.4, 0.5) is 5.69 Å². The standard InChI is InChI=1S/C12H12N2O3S/c1-18(16,17)11-4-2-10(3-5-11)14-8-9(7-13)6-12(14)15/h2-5,9H,6,8H2,1H3. The first-order chi connectivity index (χ1) is 8.41. The molecule has 0 N–H and O–H groups in total. The predicted octanol–water partition coefficient (Wildman–Crippen LogP) is 0.967. The number of rotatable bonds is 2. The smallest absolute Gasteiger partial charge is 0.228 e. The minimum atomic E-state index is -3.23. The van der Waals surface area contributed by atoms with Crippen LogP contribution in [-0.2, 0) is 14.6 Å². The van der Waals surface area contributed by atoms with E-state index < -0.39 is 9.84 Å². The zero-order chi connectivity index (χ0) is 13.3. The molecule has 0 radical (unpaired) electrons. The van der Waals surface area contributed by atoms with Gasteiger partial charge >= 0.3 is 0 Å². The molecule has 1 amide bonds. The zero-order valence-corrected chi connectivity index (χ0v) is 10.6. The highest BCUT2D eigenvalue weighted by Crippen LogP contribution is 2.25. The van der Waals surface area contributed by atoms with Crippen LogP contribution < -0.4 is 4.90 Å².